The predicted molar refractivity (Wildman–Crippen MR) is 107 cm³/mol. The number of hydrogen-bond donors (Lipinski definition) is 2. The van der Waals surface area contributed by atoms with Gasteiger partial charge in [0.1, 0.15) is 0 Å². The molecule has 1 aliphatic carbocycles. The molecule has 2 unspecified atom stereocenters. The van der Waals surface area contributed by atoms with Crippen molar-refractivity contribution in [2.24, 2.45) is 11.8 Å². The minimum atomic E-state index is 0.109. The third kappa shape index (κ3) is 3.95. The normalized spacial score (nSPS) is 26.6. The van der Waals surface area contributed by atoms with Crippen molar-refractivity contribution in [2.75, 3.05) is 33.7 Å². The van der Waals surface area contributed by atoms with Crippen LogP contribution in [0.15, 0.2) is 0 Å². The van der Waals surface area contributed by atoms with Crippen molar-refractivity contribution >= 4 is 11.8 Å². The summed E-state index contributed by atoms with van der Waals surface area (Å²) in [5.74, 6) is 1.30. The number of likely N-dealkylation sites (tertiary alicyclic amines) is 1. The Morgan fingerprint density at radius 3 is 2.86 bits per heavy atom. The first-order valence-electron chi connectivity index (χ1n) is 10.8. The molecule has 2 saturated heterocycles. The van der Waals surface area contributed by atoms with Gasteiger partial charge < -0.3 is 15.1 Å². The molecule has 3 aliphatic rings. The van der Waals surface area contributed by atoms with Gasteiger partial charge in [0.25, 0.3) is 5.91 Å². The van der Waals surface area contributed by atoms with Gasteiger partial charge >= 0.3 is 0 Å². The summed E-state index contributed by atoms with van der Waals surface area (Å²) >= 11 is 0. The fraction of sp³-hybridized carbons (Fsp3) is 0.762. The number of piperidine rings is 2. The molecule has 7 heteroatoms. The van der Waals surface area contributed by atoms with E-state index < -0.39 is 0 Å². The van der Waals surface area contributed by atoms with E-state index in [0.717, 1.165) is 63.0 Å². The lowest BCUT2D eigenvalue weighted by molar-refractivity contribution is -0.128. The second-order valence-electron chi connectivity index (χ2n) is 9.00. The lowest BCUT2D eigenvalue weighted by atomic mass is 9.78. The summed E-state index contributed by atoms with van der Waals surface area (Å²) in [7, 11) is 3.62. The third-order valence-electron chi connectivity index (χ3n) is 6.76. The first-order valence-corrected chi connectivity index (χ1v) is 10.8. The van der Waals surface area contributed by atoms with Crippen LogP contribution in [-0.4, -0.2) is 71.6 Å². The first kappa shape index (κ1) is 19.4. The SMILES string of the molecule is CN(C)C(=O)CCC[C@H]1NCC2CC1CN(C(=O)c1n[nH]c3c1CCCC3)C2. The van der Waals surface area contributed by atoms with E-state index in [1.54, 1.807) is 4.90 Å². The summed E-state index contributed by atoms with van der Waals surface area (Å²) in [5.41, 5.74) is 2.98. The van der Waals surface area contributed by atoms with E-state index in [0.29, 0.717) is 30.0 Å². The molecular weight excluding hydrogens is 354 g/mol. The average molecular weight is 388 g/mol. The number of H-pyrrole nitrogens is 1. The van der Waals surface area contributed by atoms with Gasteiger partial charge in [0, 0.05) is 50.9 Å². The number of nitrogens with one attached hydrogen (secondary N) is 2. The number of hydrogen-bond acceptors (Lipinski definition) is 4. The second kappa shape index (κ2) is 8.23. The zero-order valence-electron chi connectivity index (χ0n) is 17.2. The molecule has 1 aromatic heterocycles. The van der Waals surface area contributed by atoms with Gasteiger partial charge in [-0.15, -0.1) is 0 Å². The summed E-state index contributed by atoms with van der Waals surface area (Å²) < 4.78 is 0. The van der Waals surface area contributed by atoms with Crippen molar-refractivity contribution in [3.8, 4) is 0 Å². The van der Waals surface area contributed by atoms with Crippen molar-refractivity contribution in [1.82, 2.24) is 25.3 Å². The van der Waals surface area contributed by atoms with Crippen LogP contribution >= 0.6 is 0 Å². The van der Waals surface area contributed by atoms with Crippen LogP contribution < -0.4 is 5.32 Å². The quantitative estimate of drug-likeness (QED) is 0.804. The second-order valence-corrected chi connectivity index (χ2v) is 9.00. The molecule has 1 aromatic rings. The van der Waals surface area contributed by atoms with E-state index in [4.69, 9.17) is 0 Å². The highest BCUT2D eigenvalue weighted by molar-refractivity contribution is 5.94. The van der Waals surface area contributed by atoms with Gasteiger partial charge in [-0.3, -0.25) is 14.7 Å². The number of amides is 2. The van der Waals surface area contributed by atoms with Gasteiger partial charge in [-0.05, 0) is 63.3 Å². The molecule has 4 rings (SSSR count). The van der Waals surface area contributed by atoms with Gasteiger partial charge in [-0.2, -0.15) is 5.10 Å². The van der Waals surface area contributed by atoms with Crippen molar-refractivity contribution in [1.29, 1.82) is 0 Å². The smallest absolute Gasteiger partial charge is 0.274 e. The molecule has 0 aromatic carbocycles. The third-order valence-corrected chi connectivity index (χ3v) is 6.76. The Kier molecular flexibility index (Phi) is 5.71. The molecule has 154 valence electrons. The molecule has 3 atom stereocenters. The molecular formula is C21H33N5O2. The number of carbonyl (C=O) groups excluding carboxylic acids is 2. The molecule has 3 heterocycles. The molecule has 28 heavy (non-hydrogen) atoms. The molecule has 0 spiro atoms. The van der Waals surface area contributed by atoms with Crippen molar-refractivity contribution < 1.29 is 9.59 Å². The summed E-state index contributed by atoms with van der Waals surface area (Å²) in [6, 6.07) is 0.398. The maximum atomic E-state index is 13.2. The highest BCUT2D eigenvalue weighted by atomic mass is 16.2. The van der Waals surface area contributed by atoms with Gasteiger partial charge in [-0.25, -0.2) is 0 Å². The van der Waals surface area contributed by atoms with Crippen LogP contribution in [0.2, 0.25) is 0 Å². The highest BCUT2D eigenvalue weighted by Crippen LogP contribution is 2.32. The van der Waals surface area contributed by atoms with Gasteiger partial charge in [0.2, 0.25) is 5.91 Å². The standard InChI is InChI=1S/C21H33N5O2/c1-25(2)19(27)9-5-8-17-15-10-14(11-22-17)12-26(13-15)21(28)20-16-6-3-4-7-18(16)23-24-20/h14-15,17,22H,3-13H2,1-2H3,(H,23,24)/t14?,15?,17-/m1/s1. The van der Waals surface area contributed by atoms with E-state index in [9.17, 15) is 9.59 Å². The maximum Gasteiger partial charge on any atom is 0.274 e. The van der Waals surface area contributed by atoms with Crippen LogP contribution in [0.5, 0.6) is 0 Å². The van der Waals surface area contributed by atoms with E-state index in [1.165, 1.54) is 12.8 Å². The molecule has 0 saturated carbocycles. The Morgan fingerprint density at radius 1 is 1.21 bits per heavy atom. The Morgan fingerprint density at radius 2 is 2.04 bits per heavy atom. The molecule has 7 nitrogen and oxygen atoms in total. The van der Waals surface area contributed by atoms with Gasteiger partial charge in [0.15, 0.2) is 5.69 Å². The summed E-state index contributed by atoms with van der Waals surface area (Å²) in [5, 5.41) is 11.2. The van der Waals surface area contributed by atoms with Crippen molar-refractivity contribution in [3.63, 3.8) is 0 Å². The molecule has 2 bridgehead atoms. The number of fused-ring (bicyclic) bond motifs is 3. The number of aromatic nitrogens is 2. The molecule has 2 amide bonds. The Hall–Kier alpha value is -1.89. The largest absolute Gasteiger partial charge is 0.349 e. The van der Waals surface area contributed by atoms with Crippen LogP contribution in [0.3, 0.4) is 0 Å². The monoisotopic (exact) mass is 387 g/mol. The molecule has 0 radical (unpaired) electrons. The molecule has 2 fully saturated rings. The number of rotatable bonds is 5. The van der Waals surface area contributed by atoms with E-state index >= 15 is 0 Å². The number of nitrogens with zero attached hydrogens (tertiary/aromatic N) is 3. The average Bonchev–Trinajstić information content (AvgIpc) is 3.13. The fourth-order valence-corrected chi connectivity index (χ4v) is 5.18. The first-order chi connectivity index (χ1) is 13.5. The van der Waals surface area contributed by atoms with E-state index in [1.807, 2.05) is 19.0 Å². The summed E-state index contributed by atoms with van der Waals surface area (Å²) in [6.07, 6.45) is 7.99. The number of aromatic amines is 1. The number of aryl methyl sites for hydroxylation is 1. The Bertz CT molecular complexity index is 728. The summed E-state index contributed by atoms with van der Waals surface area (Å²) in [4.78, 5) is 28.8. The van der Waals surface area contributed by atoms with Crippen molar-refractivity contribution in [3.05, 3.63) is 17.0 Å². The minimum Gasteiger partial charge on any atom is -0.349 e. The Balaban J connectivity index is 1.38. The molecule has 2 N–H and O–H groups in total. The van der Waals surface area contributed by atoms with Crippen LogP contribution in [0.1, 0.15) is 60.3 Å². The van der Waals surface area contributed by atoms with Crippen LogP contribution in [-0.2, 0) is 17.6 Å². The lowest BCUT2D eigenvalue weighted by Crippen LogP contribution is -2.57. The zero-order chi connectivity index (χ0) is 19.7. The van der Waals surface area contributed by atoms with Gasteiger partial charge in [-0.1, -0.05) is 0 Å². The van der Waals surface area contributed by atoms with Crippen LogP contribution in [0.25, 0.3) is 0 Å². The van der Waals surface area contributed by atoms with Crippen LogP contribution in [0, 0.1) is 11.8 Å². The predicted octanol–water partition coefficient (Wildman–Crippen LogP) is 1.60. The minimum absolute atomic E-state index is 0.109. The van der Waals surface area contributed by atoms with E-state index in [2.05, 4.69) is 15.5 Å². The Labute approximate surface area is 167 Å². The van der Waals surface area contributed by atoms with E-state index in [-0.39, 0.29) is 11.8 Å². The number of carbonyl (C=O) groups is 2. The highest BCUT2D eigenvalue weighted by Gasteiger charge is 2.39. The fourth-order valence-electron chi connectivity index (χ4n) is 5.18. The summed E-state index contributed by atoms with van der Waals surface area (Å²) in [6.45, 7) is 2.59. The zero-order valence-corrected chi connectivity index (χ0v) is 17.2. The topological polar surface area (TPSA) is 81.3 Å². The van der Waals surface area contributed by atoms with Crippen LogP contribution in [0.4, 0.5) is 0 Å². The molecule has 2 aliphatic heterocycles. The maximum absolute atomic E-state index is 13.2. The van der Waals surface area contributed by atoms with Crippen molar-refractivity contribution in [2.45, 2.75) is 57.4 Å². The van der Waals surface area contributed by atoms with Gasteiger partial charge in [0.05, 0.1) is 0 Å². The lowest BCUT2D eigenvalue weighted by Gasteiger charge is -2.46.